The van der Waals surface area contributed by atoms with E-state index in [1.165, 1.54) is 25.7 Å². The van der Waals surface area contributed by atoms with E-state index in [1.807, 2.05) is 24.3 Å². The molecule has 0 amide bonds. The van der Waals surface area contributed by atoms with Crippen molar-refractivity contribution in [3.05, 3.63) is 24.3 Å². The first-order valence-electron chi connectivity index (χ1n) is 5.54. The third kappa shape index (κ3) is 1.69. The molecule has 1 heterocycles. The van der Waals surface area contributed by atoms with Gasteiger partial charge < -0.3 is 9.73 Å². The Morgan fingerprint density at radius 3 is 2.80 bits per heavy atom. The highest BCUT2D eigenvalue weighted by atomic mass is 16.4. The van der Waals surface area contributed by atoms with Gasteiger partial charge in [-0.1, -0.05) is 25.0 Å². The molecule has 1 saturated carbocycles. The van der Waals surface area contributed by atoms with Crippen molar-refractivity contribution in [3.63, 3.8) is 0 Å². The van der Waals surface area contributed by atoms with Crippen molar-refractivity contribution in [2.45, 2.75) is 31.7 Å². The quantitative estimate of drug-likeness (QED) is 0.812. The van der Waals surface area contributed by atoms with E-state index >= 15 is 0 Å². The first kappa shape index (κ1) is 8.77. The Morgan fingerprint density at radius 2 is 2.00 bits per heavy atom. The predicted octanol–water partition coefficient (Wildman–Crippen LogP) is 3.18. The lowest BCUT2D eigenvalue weighted by atomic mass is 10.3. The van der Waals surface area contributed by atoms with E-state index < -0.39 is 0 Å². The topological polar surface area (TPSA) is 38.1 Å². The lowest BCUT2D eigenvalue weighted by molar-refractivity contribution is 0.594. The first-order chi connectivity index (χ1) is 7.42. The summed E-state index contributed by atoms with van der Waals surface area (Å²) in [5.74, 6) is 0. The minimum atomic E-state index is 0.554. The molecular formula is C12H14N2O. The number of para-hydroxylation sites is 2. The van der Waals surface area contributed by atoms with Gasteiger partial charge in [-0.3, -0.25) is 0 Å². The summed E-state index contributed by atoms with van der Waals surface area (Å²) in [6.45, 7) is 0. The molecule has 0 radical (unpaired) electrons. The van der Waals surface area contributed by atoms with Crippen LogP contribution in [-0.4, -0.2) is 11.0 Å². The van der Waals surface area contributed by atoms with E-state index in [0.29, 0.717) is 12.1 Å². The van der Waals surface area contributed by atoms with E-state index in [9.17, 15) is 0 Å². The van der Waals surface area contributed by atoms with Crippen LogP contribution in [-0.2, 0) is 0 Å². The van der Waals surface area contributed by atoms with Crippen LogP contribution in [0.1, 0.15) is 25.7 Å². The SMILES string of the molecule is c1ccc2oc(NC3CCCC3)nc2c1. The smallest absolute Gasteiger partial charge is 0.295 e. The van der Waals surface area contributed by atoms with E-state index in [1.54, 1.807) is 0 Å². The van der Waals surface area contributed by atoms with E-state index in [0.717, 1.165) is 11.1 Å². The number of benzene rings is 1. The maximum atomic E-state index is 5.61. The number of nitrogens with zero attached hydrogens (tertiary/aromatic N) is 1. The fourth-order valence-electron chi connectivity index (χ4n) is 2.18. The average Bonchev–Trinajstić information content (AvgIpc) is 2.86. The maximum absolute atomic E-state index is 5.61. The number of rotatable bonds is 2. The van der Waals surface area contributed by atoms with Gasteiger partial charge in [0, 0.05) is 6.04 Å². The fraction of sp³-hybridized carbons (Fsp3) is 0.417. The summed E-state index contributed by atoms with van der Waals surface area (Å²) in [4.78, 5) is 4.40. The second-order valence-electron chi connectivity index (χ2n) is 4.11. The van der Waals surface area contributed by atoms with Crippen LogP contribution in [0.25, 0.3) is 11.1 Å². The summed E-state index contributed by atoms with van der Waals surface area (Å²) in [7, 11) is 0. The zero-order valence-electron chi connectivity index (χ0n) is 8.57. The van der Waals surface area contributed by atoms with E-state index in [-0.39, 0.29) is 0 Å². The molecule has 78 valence electrons. The van der Waals surface area contributed by atoms with Gasteiger partial charge in [0.2, 0.25) is 0 Å². The van der Waals surface area contributed by atoms with Crippen LogP contribution >= 0.6 is 0 Å². The standard InChI is InChI=1S/C12H14N2O/c1-2-6-9(5-1)13-12-14-10-7-3-4-8-11(10)15-12/h3-4,7-9H,1-2,5-6H2,(H,13,14). The molecule has 3 heteroatoms. The second-order valence-corrected chi connectivity index (χ2v) is 4.11. The van der Waals surface area contributed by atoms with Crippen LogP contribution in [0.4, 0.5) is 6.01 Å². The van der Waals surface area contributed by atoms with Gasteiger partial charge in [0.05, 0.1) is 0 Å². The third-order valence-corrected chi connectivity index (χ3v) is 2.98. The van der Waals surface area contributed by atoms with Gasteiger partial charge in [0.15, 0.2) is 5.58 Å². The molecule has 3 rings (SSSR count). The van der Waals surface area contributed by atoms with Crippen molar-refractivity contribution < 1.29 is 4.42 Å². The van der Waals surface area contributed by atoms with Crippen LogP contribution in [0.5, 0.6) is 0 Å². The van der Waals surface area contributed by atoms with Crippen molar-refractivity contribution in [2.75, 3.05) is 5.32 Å². The second kappa shape index (κ2) is 3.57. The van der Waals surface area contributed by atoms with Gasteiger partial charge in [-0.05, 0) is 25.0 Å². The fourth-order valence-corrected chi connectivity index (χ4v) is 2.18. The number of oxazole rings is 1. The molecule has 0 bridgehead atoms. The molecule has 2 aromatic rings. The molecule has 0 atom stereocenters. The zero-order chi connectivity index (χ0) is 10.1. The van der Waals surface area contributed by atoms with Crippen molar-refractivity contribution in [1.82, 2.24) is 4.98 Å². The average molecular weight is 202 g/mol. The molecule has 1 aromatic carbocycles. The summed E-state index contributed by atoms with van der Waals surface area (Å²) >= 11 is 0. The Labute approximate surface area is 88.5 Å². The number of anilines is 1. The first-order valence-corrected chi connectivity index (χ1v) is 5.54. The Kier molecular flexibility index (Phi) is 2.09. The minimum Gasteiger partial charge on any atom is -0.424 e. The van der Waals surface area contributed by atoms with Crippen LogP contribution in [0.2, 0.25) is 0 Å². The molecule has 1 aliphatic rings. The molecule has 1 aliphatic carbocycles. The van der Waals surface area contributed by atoms with Crippen LogP contribution in [0.15, 0.2) is 28.7 Å². The number of hydrogen-bond acceptors (Lipinski definition) is 3. The van der Waals surface area contributed by atoms with Gasteiger partial charge in [-0.15, -0.1) is 0 Å². The monoisotopic (exact) mass is 202 g/mol. The lowest BCUT2D eigenvalue weighted by Gasteiger charge is -2.07. The highest BCUT2D eigenvalue weighted by Gasteiger charge is 2.16. The van der Waals surface area contributed by atoms with Gasteiger partial charge >= 0.3 is 0 Å². The molecule has 0 aliphatic heterocycles. The molecule has 3 nitrogen and oxygen atoms in total. The van der Waals surface area contributed by atoms with Gasteiger partial charge in [0.25, 0.3) is 6.01 Å². The summed E-state index contributed by atoms with van der Waals surface area (Å²) in [6, 6.07) is 9.08. The molecule has 1 fully saturated rings. The number of hydrogen-bond donors (Lipinski definition) is 1. The molecule has 0 saturated heterocycles. The van der Waals surface area contributed by atoms with Gasteiger partial charge in [-0.25, -0.2) is 0 Å². The van der Waals surface area contributed by atoms with E-state index in [4.69, 9.17) is 4.42 Å². The minimum absolute atomic E-state index is 0.554. The largest absolute Gasteiger partial charge is 0.424 e. The zero-order valence-corrected chi connectivity index (χ0v) is 8.57. The lowest BCUT2D eigenvalue weighted by Crippen LogP contribution is -2.14. The Bertz CT molecular complexity index is 424. The number of aromatic nitrogens is 1. The third-order valence-electron chi connectivity index (χ3n) is 2.98. The highest BCUT2D eigenvalue weighted by Crippen LogP contribution is 2.24. The number of nitrogens with one attached hydrogen (secondary N) is 1. The maximum Gasteiger partial charge on any atom is 0.295 e. The normalized spacial score (nSPS) is 17.3. The van der Waals surface area contributed by atoms with Gasteiger partial charge in [-0.2, -0.15) is 4.98 Å². The molecule has 15 heavy (non-hydrogen) atoms. The van der Waals surface area contributed by atoms with Crippen molar-refractivity contribution in [2.24, 2.45) is 0 Å². The molecule has 0 spiro atoms. The van der Waals surface area contributed by atoms with Crippen molar-refractivity contribution in [3.8, 4) is 0 Å². The van der Waals surface area contributed by atoms with E-state index in [2.05, 4.69) is 10.3 Å². The number of fused-ring (bicyclic) bond motifs is 1. The molecule has 1 aromatic heterocycles. The van der Waals surface area contributed by atoms with Gasteiger partial charge in [0.1, 0.15) is 5.52 Å². The molecule has 1 N–H and O–H groups in total. The van der Waals surface area contributed by atoms with Crippen LogP contribution in [0, 0.1) is 0 Å². The van der Waals surface area contributed by atoms with Crippen molar-refractivity contribution in [1.29, 1.82) is 0 Å². The summed E-state index contributed by atoms with van der Waals surface area (Å²) in [5.41, 5.74) is 1.79. The van der Waals surface area contributed by atoms with Crippen LogP contribution in [0.3, 0.4) is 0 Å². The van der Waals surface area contributed by atoms with Crippen molar-refractivity contribution >= 4 is 17.1 Å². The highest BCUT2D eigenvalue weighted by molar-refractivity contribution is 5.74. The Hall–Kier alpha value is -1.51. The summed E-state index contributed by atoms with van der Waals surface area (Å²) in [5, 5.41) is 3.35. The van der Waals surface area contributed by atoms with Crippen LogP contribution < -0.4 is 5.32 Å². The Balaban J connectivity index is 1.84. The summed E-state index contributed by atoms with van der Waals surface area (Å²) in [6.07, 6.45) is 5.10. The molecular weight excluding hydrogens is 188 g/mol. The Morgan fingerprint density at radius 1 is 1.20 bits per heavy atom. The summed E-state index contributed by atoms with van der Waals surface area (Å²) < 4.78 is 5.61. The molecule has 0 unspecified atom stereocenters. The predicted molar refractivity (Wildman–Crippen MR) is 59.9 cm³/mol.